The van der Waals surface area contributed by atoms with E-state index in [0.29, 0.717) is 28.1 Å². The Morgan fingerprint density at radius 3 is 1.90 bits per heavy atom. The molecule has 0 aliphatic heterocycles. The van der Waals surface area contributed by atoms with Crippen molar-refractivity contribution in [3.05, 3.63) is 120 Å². The van der Waals surface area contributed by atoms with Gasteiger partial charge in [-0.25, -0.2) is 9.36 Å². The Hall–Kier alpha value is -4.57. The first-order valence-electron chi connectivity index (χ1n) is 11.4. The zero-order valence-corrected chi connectivity index (χ0v) is 21.8. The van der Waals surface area contributed by atoms with Crippen LogP contribution < -0.4 is 29.1 Å². The molecule has 0 amide bonds. The molecule has 5 rings (SSSR count). The maximum Gasteiger partial charge on any atom is 0.541 e. The summed E-state index contributed by atoms with van der Waals surface area (Å²) in [7, 11) is -8.15. The number of para-hydroxylation sites is 2. The highest BCUT2D eigenvalue weighted by atomic mass is 32.2. The van der Waals surface area contributed by atoms with Crippen LogP contribution in [-0.4, -0.2) is 8.42 Å². The van der Waals surface area contributed by atoms with E-state index in [-0.39, 0.29) is 16.9 Å². The smallest absolute Gasteiger partial charge is 0.422 e. The molecule has 12 heteroatoms. The van der Waals surface area contributed by atoms with Crippen molar-refractivity contribution in [2.75, 3.05) is 5.09 Å². The second-order valence-corrected chi connectivity index (χ2v) is 11.0. The van der Waals surface area contributed by atoms with Gasteiger partial charge in [-0.05, 0) is 60.2 Å². The Labute approximate surface area is 223 Å². The van der Waals surface area contributed by atoms with Gasteiger partial charge in [0.2, 0.25) is 0 Å². The molecule has 10 nitrogen and oxygen atoms in total. The van der Waals surface area contributed by atoms with E-state index >= 15 is 0 Å². The van der Waals surface area contributed by atoms with Gasteiger partial charge in [-0.1, -0.05) is 48.5 Å². The van der Waals surface area contributed by atoms with E-state index in [1.807, 2.05) is 12.1 Å². The second-order valence-electron chi connectivity index (χ2n) is 8.22. The van der Waals surface area contributed by atoms with E-state index in [1.165, 1.54) is 18.2 Å². The van der Waals surface area contributed by atoms with E-state index in [2.05, 4.69) is 9.27 Å². The summed E-state index contributed by atoms with van der Waals surface area (Å²) < 4.78 is 57.5. The summed E-state index contributed by atoms with van der Waals surface area (Å²) in [5.74, 6) is 0.621. The number of benzene rings is 4. The van der Waals surface area contributed by atoms with Gasteiger partial charge in [0, 0.05) is 17.1 Å². The third-order valence-electron chi connectivity index (χ3n) is 5.32. The van der Waals surface area contributed by atoms with Crippen LogP contribution in [0.25, 0.3) is 22.1 Å². The van der Waals surface area contributed by atoms with E-state index in [1.54, 1.807) is 78.9 Å². The summed E-state index contributed by atoms with van der Waals surface area (Å²) in [5.41, 5.74) is 0.688. The molecule has 1 aromatic heterocycles. The molecule has 0 aliphatic rings. The van der Waals surface area contributed by atoms with Gasteiger partial charge in [0.1, 0.15) is 22.8 Å². The topological polar surface area (TPSA) is 147 Å². The van der Waals surface area contributed by atoms with Crippen LogP contribution in [0.15, 0.2) is 118 Å². The van der Waals surface area contributed by atoms with Crippen LogP contribution in [0.4, 0.5) is 5.69 Å². The van der Waals surface area contributed by atoms with Crippen LogP contribution in [0.5, 0.6) is 17.2 Å². The van der Waals surface area contributed by atoms with Crippen molar-refractivity contribution in [2.45, 2.75) is 0 Å². The lowest BCUT2D eigenvalue weighted by molar-refractivity contribution is 0.393. The molecule has 5 aromatic rings. The summed E-state index contributed by atoms with van der Waals surface area (Å²) >= 11 is 0. The minimum Gasteiger partial charge on any atom is -0.422 e. The fourth-order valence-electron chi connectivity index (χ4n) is 3.67. The van der Waals surface area contributed by atoms with Gasteiger partial charge in [0.25, 0.3) is 0 Å². The zero-order chi connectivity index (χ0) is 27.5. The molecule has 198 valence electrons. The van der Waals surface area contributed by atoms with E-state index < -0.39 is 23.7 Å². The second kappa shape index (κ2) is 10.7. The molecule has 3 N–H and O–H groups in total. The normalized spacial score (nSPS) is 11.6. The molecular weight excluding hydrogens is 543 g/mol. The molecule has 0 saturated carbocycles. The number of rotatable bonds is 9. The molecule has 39 heavy (non-hydrogen) atoms. The summed E-state index contributed by atoms with van der Waals surface area (Å²) in [6.07, 6.45) is 0. The predicted octanol–water partition coefficient (Wildman–Crippen LogP) is 5.72. The van der Waals surface area contributed by atoms with Gasteiger partial charge in [0.15, 0.2) is 0 Å². The Kier molecular flexibility index (Phi) is 7.12. The number of fused-ring (bicyclic) bond motifs is 1. The molecule has 4 aromatic carbocycles. The average Bonchev–Trinajstić information content (AvgIpc) is 2.89. The Morgan fingerprint density at radius 2 is 1.33 bits per heavy atom. The molecule has 0 radical (unpaired) electrons. The van der Waals surface area contributed by atoms with Gasteiger partial charge < -0.3 is 17.6 Å². The van der Waals surface area contributed by atoms with Crippen molar-refractivity contribution in [3.63, 3.8) is 0 Å². The van der Waals surface area contributed by atoms with Crippen LogP contribution in [0.1, 0.15) is 0 Å². The van der Waals surface area contributed by atoms with Crippen molar-refractivity contribution in [3.8, 4) is 28.4 Å². The third-order valence-corrected chi connectivity index (χ3v) is 7.18. The summed E-state index contributed by atoms with van der Waals surface area (Å²) in [5, 5.41) is 8.26. The zero-order valence-electron chi connectivity index (χ0n) is 20.1. The average molecular weight is 565 g/mol. The minimum atomic E-state index is -4.22. The Balaban J connectivity index is 1.41. The Bertz CT molecular complexity index is 1780. The highest BCUT2D eigenvalue weighted by Gasteiger charge is 2.29. The van der Waals surface area contributed by atoms with Crippen LogP contribution in [0, 0.1) is 0 Å². The van der Waals surface area contributed by atoms with Gasteiger partial charge >= 0.3 is 23.7 Å². The van der Waals surface area contributed by atoms with Crippen molar-refractivity contribution >= 4 is 34.7 Å². The minimum absolute atomic E-state index is 0.0869. The lowest BCUT2D eigenvalue weighted by Gasteiger charge is -2.21. The maximum absolute atomic E-state index is 13.7. The summed E-state index contributed by atoms with van der Waals surface area (Å²) in [4.78, 5) is 12.7. The van der Waals surface area contributed by atoms with Crippen molar-refractivity contribution in [1.82, 2.24) is 0 Å². The van der Waals surface area contributed by atoms with Crippen molar-refractivity contribution < 1.29 is 30.6 Å². The molecule has 0 bridgehead atoms. The van der Waals surface area contributed by atoms with Crippen LogP contribution >= 0.6 is 7.75 Å². The third kappa shape index (κ3) is 6.66. The monoisotopic (exact) mass is 564 g/mol. The first kappa shape index (κ1) is 26.1. The van der Waals surface area contributed by atoms with Crippen LogP contribution in [-0.2, 0) is 14.9 Å². The van der Waals surface area contributed by atoms with Crippen LogP contribution in [0.2, 0.25) is 0 Å². The fraction of sp³-hybridized carbons (Fsp3) is 0. The quantitative estimate of drug-likeness (QED) is 0.169. The fourth-order valence-corrected chi connectivity index (χ4v) is 5.43. The largest absolute Gasteiger partial charge is 0.541 e. The van der Waals surface area contributed by atoms with Gasteiger partial charge in [0.05, 0.1) is 5.56 Å². The number of nitrogens with one attached hydrogen (secondary N) is 1. The van der Waals surface area contributed by atoms with Crippen LogP contribution in [0.3, 0.4) is 0 Å². The summed E-state index contributed by atoms with van der Waals surface area (Å²) in [6.45, 7) is 0. The highest BCUT2D eigenvalue weighted by Crippen LogP contribution is 2.48. The first-order valence-corrected chi connectivity index (χ1v) is 14.5. The molecule has 0 aliphatic carbocycles. The van der Waals surface area contributed by atoms with E-state index in [4.69, 9.17) is 18.6 Å². The van der Waals surface area contributed by atoms with Crippen molar-refractivity contribution in [2.24, 2.45) is 5.14 Å². The predicted molar refractivity (Wildman–Crippen MR) is 147 cm³/mol. The van der Waals surface area contributed by atoms with Gasteiger partial charge in [-0.3, -0.25) is 5.09 Å². The molecule has 0 atom stereocenters. The lowest BCUT2D eigenvalue weighted by atomic mass is 10.1. The lowest BCUT2D eigenvalue weighted by Crippen LogP contribution is -2.18. The molecule has 0 saturated heterocycles. The molecular formula is C27H21N2O8PS. The number of hydrogen-bond donors (Lipinski definition) is 2. The van der Waals surface area contributed by atoms with E-state index in [9.17, 15) is 17.8 Å². The van der Waals surface area contributed by atoms with Crippen molar-refractivity contribution in [1.29, 1.82) is 0 Å². The first-order chi connectivity index (χ1) is 18.7. The van der Waals surface area contributed by atoms with Gasteiger partial charge in [-0.2, -0.15) is 13.6 Å². The Morgan fingerprint density at radius 1 is 0.744 bits per heavy atom. The maximum atomic E-state index is 13.7. The SMILES string of the molecule is NS(=O)(=O)Oc1ccc2cc(-c3ccc(NP(=O)(Oc4ccccc4)Oc4ccccc4)cc3)c(=O)oc2c1. The van der Waals surface area contributed by atoms with Gasteiger partial charge in [-0.15, -0.1) is 0 Å². The summed E-state index contributed by atoms with van der Waals surface area (Å²) in [6, 6.07) is 29.6. The molecule has 1 heterocycles. The number of nitrogens with two attached hydrogens (primary N) is 1. The molecule has 0 spiro atoms. The number of hydrogen-bond acceptors (Lipinski definition) is 8. The number of anilines is 1. The van der Waals surface area contributed by atoms with E-state index in [0.717, 1.165) is 0 Å². The molecule has 0 unspecified atom stereocenters. The molecule has 0 fully saturated rings. The highest BCUT2D eigenvalue weighted by molar-refractivity contribution is 7.84. The standard InChI is InChI=1S/C27H21N2O8PS/c28-39(32,33)37-24-16-13-20-17-25(27(30)34-26(20)18-24)19-11-14-21(15-12-19)29-38(31,35-22-7-3-1-4-8-22)36-23-9-5-2-6-10-23/h1-18H,(H,29,31)(H2,28,32,33).